The minimum atomic E-state index is -0.354. The number of benzene rings is 1. The van der Waals surface area contributed by atoms with Crippen molar-refractivity contribution in [3.63, 3.8) is 0 Å². The summed E-state index contributed by atoms with van der Waals surface area (Å²) in [6.45, 7) is 6.18. The Morgan fingerprint density at radius 3 is 2.56 bits per heavy atom. The first kappa shape index (κ1) is 19.1. The zero-order valence-electron chi connectivity index (χ0n) is 15.7. The van der Waals surface area contributed by atoms with Gasteiger partial charge in [0.15, 0.2) is 11.6 Å². The van der Waals surface area contributed by atoms with Gasteiger partial charge in [0, 0.05) is 38.9 Å². The number of ether oxygens (including phenoxy) is 2. The summed E-state index contributed by atoms with van der Waals surface area (Å²) >= 11 is 0. The molecular formula is C20H24FN3O3. The number of hydrogen-bond acceptors (Lipinski definition) is 6. The van der Waals surface area contributed by atoms with Crippen LogP contribution in [0.3, 0.4) is 0 Å². The number of pyridine rings is 1. The molecule has 0 unspecified atom stereocenters. The molecule has 1 fully saturated rings. The first-order valence-corrected chi connectivity index (χ1v) is 9.03. The average Bonchev–Trinajstić information content (AvgIpc) is 2.69. The van der Waals surface area contributed by atoms with Gasteiger partial charge in [-0.15, -0.1) is 0 Å². The van der Waals surface area contributed by atoms with E-state index in [1.807, 2.05) is 12.1 Å². The summed E-state index contributed by atoms with van der Waals surface area (Å²) in [5, 5.41) is 0. The number of methoxy groups -OCH3 is 1. The van der Waals surface area contributed by atoms with Crippen molar-refractivity contribution >= 4 is 11.8 Å². The van der Waals surface area contributed by atoms with Gasteiger partial charge in [-0.1, -0.05) is 6.07 Å². The van der Waals surface area contributed by atoms with Gasteiger partial charge in [-0.3, -0.25) is 4.90 Å². The maximum atomic E-state index is 13.8. The zero-order valence-corrected chi connectivity index (χ0v) is 15.7. The third kappa shape index (κ3) is 4.74. The van der Waals surface area contributed by atoms with Crippen LogP contribution in [0.2, 0.25) is 0 Å². The molecule has 2 heterocycles. The van der Waals surface area contributed by atoms with Gasteiger partial charge < -0.3 is 14.4 Å². The van der Waals surface area contributed by atoms with Gasteiger partial charge in [-0.05, 0) is 36.8 Å². The first-order chi connectivity index (χ1) is 13.1. The van der Waals surface area contributed by atoms with E-state index in [4.69, 9.17) is 9.47 Å². The number of halogens is 1. The highest BCUT2D eigenvalue weighted by Gasteiger charge is 2.19. The molecule has 0 bridgehead atoms. The van der Waals surface area contributed by atoms with E-state index in [0.29, 0.717) is 18.7 Å². The number of esters is 1. The van der Waals surface area contributed by atoms with Crippen LogP contribution in [0.25, 0.3) is 0 Å². The van der Waals surface area contributed by atoms with Gasteiger partial charge in [-0.2, -0.15) is 0 Å². The molecule has 2 aromatic rings. The Kier molecular flexibility index (Phi) is 6.24. The summed E-state index contributed by atoms with van der Waals surface area (Å²) in [6.07, 6.45) is 1.56. The Bertz CT molecular complexity index is 775. The molecule has 0 saturated carbocycles. The molecule has 6 nitrogen and oxygen atoms in total. The molecule has 0 amide bonds. The molecule has 1 aromatic carbocycles. The van der Waals surface area contributed by atoms with Crippen molar-refractivity contribution in [3.8, 4) is 5.75 Å². The van der Waals surface area contributed by atoms with Crippen LogP contribution in [-0.4, -0.2) is 55.7 Å². The summed E-state index contributed by atoms with van der Waals surface area (Å²) in [5.41, 5.74) is 1.39. The number of anilines is 1. The number of carbonyl (C=O) groups excluding carboxylic acids is 1. The molecule has 27 heavy (non-hydrogen) atoms. The smallest absolute Gasteiger partial charge is 0.339 e. The molecule has 3 rings (SSSR count). The molecule has 1 aliphatic heterocycles. The lowest BCUT2D eigenvalue weighted by Gasteiger charge is -2.35. The van der Waals surface area contributed by atoms with Crippen LogP contribution in [0.4, 0.5) is 10.2 Å². The second kappa shape index (κ2) is 8.81. The highest BCUT2D eigenvalue weighted by atomic mass is 19.1. The molecule has 0 atom stereocenters. The predicted molar refractivity (Wildman–Crippen MR) is 101 cm³/mol. The number of piperazine rings is 1. The SMILES string of the molecule is CCOC(=O)c1ccc(N2CCN(Cc3ccc(OC)c(F)c3)CC2)nc1. The summed E-state index contributed by atoms with van der Waals surface area (Å²) in [6, 6.07) is 8.67. The minimum absolute atomic E-state index is 0.265. The Hall–Kier alpha value is -2.67. The fourth-order valence-electron chi connectivity index (χ4n) is 3.11. The number of hydrogen-bond donors (Lipinski definition) is 0. The summed E-state index contributed by atoms with van der Waals surface area (Å²) in [5.74, 6) is 0.423. The standard InChI is InChI=1S/C20H24FN3O3/c1-3-27-20(25)16-5-7-19(22-13-16)24-10-8-23(9-11-24)14-15-4-6-18(26-2)17(21)12-15/h4-7,12-13H,3,8-11,14H2,1-2H3. The first-order valence-electron chi connectivity index (χ1n) is 9.03. The van der Waals surface area contributed by atoms with Crippen molar-refractivity contribution in [2.75, 3.05) is 44.8 Å². The van der Waals surface area contributed by atoms with Crippen molar-refractivity contribution in [3.05, 3.63) is 53.5 Å². The van der Waals surface area contributed by atoms with E-state index in [1.54, 1.807) is 25.3 Å². The van der Waals surface area contributed by atoms with E-state index < -0.39 is 0 Å². The van der Waals surface area contributed by atoms with Gasteiger partial charge in [-0.25, -0.2) is 14.2 Å². The maximum absolute atomic E-state index is 13.8. The maximum Gasteiger partial charge on any atom is 0.339 e. The molecular weight excluding hydrogens is 349 g/mol. The molecule has 1 aliphatic rings. The van der Waals surface area contributed by atoms with Gasteiger partial charge >= 0.3 is 5.97 Å². The zero-order chi connectivity index (χ0) is 19.2. The third-order valence-electron chi connectivity index (χ3n) is 4.58. The van der Waals surface area contributed by atoms with Crippen molar-refractivity contribution in [2.24, 2.45) is 0 Å². The van der Waals surface area contributed by atoms with Crippen LogP contribution in [0.1, 0.15) is 22.8 Å². The fraction of sp³-hybridized carbons (Fsp3) is 0.400. The topological polar surface area (TPSA) is 54.9 Å². The summed E-state index contributed by atoms with van der Waals surface area (Å²) < 4.78 is 23.8. The molecule has 7 heteroatoms. The number of nitrogens with zero attached hydrogens (tertiary/aromatic N) is 3. The van der Waals surface area contributed by atoms with Gasteiger partial charge in [0.1, 0.15) is 5.82 Å². The van der Waals surface area contributed by atoms with Crippen LogP contribution in [0, 0.1) is 5.82 Å². The van der Waals surface area contributed by atoms with Crippen molar-refractivity contribution in [1.82, 2.24) is 9.88 Å². The molecule has 144 valence electrons. The predicted octanol–water partition coefficient (Wildman–Crippen LogP) is 2.73. The lowest BCUT2D eigenvalue weighted by Crippen LogP contribution is -2.46. The van der Waals surface area contributed by atoms with Crippen molar-refractivity contribution in [2.45, 2.75) is 13.5 Å². The van der Waals surface area contributed by atoms with Crippen molar-refractivity contribution in [1.29, 1.82) is 0 Å². The van der Waals surface area contributed by atoms with Crippen LogP contribution in [0.5, 0.6) is 5.75 Å². The third-order valence-corrected chi connectivity index (χ3v) is 4.58. The molecule has 1 saturated heterocycles. The van der Waals surface area contributed by atoms with E-state index in [2.05, 4.69) is 14.8 Å². The quantitative estimate of drug-likeness (QED) is 0.726. The van der Waals surface area contributed by atoms with Crippen LogP contribution >= 0.6 is 0 Å². The Morgan fingerprint density at radius 2 is 1.96 bits per heavy atom. The number of carbonyl (C=O) groups is 1. The Labute approximate surface area is 158 Å². The lowest BCUT2D eigenvalue weighted by atomic mass is 10.1. The van der Waals surface area contributed by atoms with Gasteiger partial charge in [0.25, 0.3) is 0 Å². The van der Waals surface area contributed by atoms with E-state index in [0.717, 1.165) is 37.6 Å². The van der Waals surface area contributed by atoms with E-state index in [9.17, 15) is 9.18 Å². The monoisotopic (exact) mass is 373 g/mol. The molecule has 0 aliphatic carbocycles. The second-order valence-corrected chi connectivity index (χ2v) is 6.36. The van der Waals surface area contributed by atoms with Crippen molar-refractivity contribution < 1.29 is 18.7 Å². The highest BCUT2D eigenvalue weighted by Crippen LogP contribution is 2.20. The molecule has 0 radical (unpaired) electrons. The van der Waals surface area contributed by atoms with Crippen LogP contribution in [-0.2, 0) is 11.3 Å². The van der Waals surface area contributed by atoms with Crippen LogP contribution < -0.4 is 9.64 Å². The van der Waals surface area contributed by atoms with E-state index in [1.165, 1.54) is 13.2 Å². The van der Waals surface area contributed by atoms with Gasteiger partial charge in [0.05, 0.1) is 19.3 Å². The average molecular weight is 373 g/mol. The normalized spacial score (nSPS) is 14.9. The molecule has 0 spiro atoms. The lowest BCUT2D eigenvalue weighted by molar-refractivity contribution is 0.0526. The number of aromatic nitrogens is 1. The largest absolute Gasteiger partial charge is 0.494 e. The summed E-state index contributed by atoms with van der Waals surface area (Å²) in [4.78, 5) is 20.5. The Balaban J connectivity index is 1.54. The minimum Gasteiger partial charge on any atom is -0.494 e. The van der Waals surface area contributed by atoms with Gasteiger partial charge in [0.2, 0.25) is 0 Å². The summed E-state index contributed by atoms with van der Waals surface area (Å²) in [7, 11) is 1.46. The van der Waals surface area contributed by atoms with E-state index in [-0.39, 0.29) is 17.5 Å². The molecule has 0 N–H and O–H groups in total. The molecule has 1 aromatic heterocycles. The van der Waals surface area contributed by atoms with Crippen LogP contribution in [0.15, 0.2) is 36.5 Å². The highest BCUT2D eigenvalue weighted by molar-refractivity contribution is 5.89. The second-order valence-electron chi connectivity index (χ2n) is 6.36. The Morgan fingerprint density at radius 1 is 1.19 bits per heavy atom. The fourth-order valence-corrected chi connectivity index (χ4v) is 3.11. The van der Waals surface area contributed by atoms with E-state index >= 15 is 0 Å². The number of rotatable bonds is 6.